The molecule has 0 saturated carbocycles. The molecule has 0 aliphatic carbocycles. The highest BCUT2D eigenvalue weighted by atomic mass is 16.5. The van der Waals surface area contributed by atoms with E-state index in [1.165, 1.54) is 0 Å². The van der Waals surface area contributed by atoms with E-state index in [-0.39, 0.29) is 11.7 Å². The molecule has 0 aliphatic heterocycles. The zero-order valence-electron chi connectivity index (χ0n) is 17.9. The Hall–Kier alpha value is -4.66. The monoisotopic (exact) mass is 441 g/mol. The van der Waals surface area contributed by atoms with Crippen molar-refractivity contribution in [2.75, 3.05) is 12.4 Å². The van der Waals surface area contributed by atoms with Crippen LogP contribution < -0.4 is 14.8 Å². The van der Waals surface area contributed by atoms with Crippen LogP contribution in [0.1, 0.15) is 16.4 Å². The van der Waals surface area contributed by atoms with E-state index in [1.807, 2.05) is 18.2 Å². The molecule has 3 heterocycles. The molecule has 0 radical (unpaired) electrons. The number of benzene rings is 2. The molecular formula is C24H19N5O4. The molecule has 5 aromatic rings. The summed E-state index contributed by atoms with van der Waals surface area (Å²) in [6.07, 6.45) is 3.47. The van der Waals surface area contributed by atoms with Gasteiger partial charge in [-0.1, -0.05) is 12.1 Å². The van der Waals surface area contributed by atoms with Crippen LogP contribution in [0, 0.1) is 6.92 Å². The van der Waals surface area contributed by atoms with Gasteiger partial charge in [0.25, 0.3) is 5.91 Å². The number of methoxy groups -OCH3 is 1. The van der Waals surface area contributed by atoms with Gasteiger partial charge < -0.3 is 19.2 Å². The van der Waals surface area contributed by atoms with Crippen molar-refractivity contribution in [3.05, 3.63) is 84.6 Å². The third-order valence-electron chi connectivity index (χ3n) is 4.83. The molecule has 164 valence electrons. The Labute approximate surface area is 188 Å². The van der Waals surface area contributed by atoms with Gasteiger partial charge >= 0.3 is 0 Å². The van der Waals surface area contributed by atoms with Gasteiger partial charge in [0.2, 0.25) is 5.88 Å². The summed E-state index contributed by atoms with van der Waals surface area (Å²) in [5, 5.41) is 7.79. The minimum absolute atomic E-state index is 0.192. The minimum atomic E-state index is -0.364. The summed E-state index contributed by atoms with van der Waals surface area (Å²) in [4.78, 5) is 21.3. The number of para-hydroxylation sites is 1. The average Bonchev–Trinajstić information content (AvgIpc) is 3.50. The molecule has 5 rings (SSSR count). The van der Waals surface area contributed by atoms with Crippen LogP contribution in [0.5, 0.6) is 17.4 Å². The number of carbonyl (C=O) groups excluding carboxylic acids is 1. The van der Waals surface area contributed by atoms with Crippen molar-refractivity contribution in [1.82, 2.24) is 19.7 Å². The SMILES string of the molecule is COc1cccc2cc(C(=O)Nc3ccc(Oc4cc(-n5cccn5)nc(C)n4)cc3)oc12. The smallest absolute Gasteiger partial charge is 0.291 e. The maximum atomic E-state index is 12.6. The second kappa shape index (κ2) is 8.46. The first-order valence-corrected chi connectivity index (χ1v) is 10.1. The molecular weight excluding hydrogens is 422 g/mol. The average molecular weight is 441 g/mol. The Kier molecular flexibility index (Phi) is 5.19. The second-order valence-corrected chi connectivity index (χ2v) is 7.13. The largest absolute Gasteiger partial charge is 0.493 e. The first kappa shape index (κ1) is 20.3. The van der Waals surface area contributed by atoms with Gasteiger partial charge in [-0.25, -0.2) is 9.67 Å². The highest BCUT2D eigenvalue weighted by Gasteiger charge is 2.15. The summed E-state index contributed by atoms with van der Waals surface area (Å²) in [7, 11) is 1.56. The predicted octanol–water partition coefficient (Wildman–Crippen LogP) is 4.77. The molecule has 9 heteroatoms. The Morgan fingerprint density at radius 1 is 1.06 bits per heavy atom. The van der Waals surface area contributed by atoms with Crippen LogP contribution in [0.2, 0.25) is 0 Å². The zero-order valence-corrected chi connectivity index (χ0v) is 17.9. The van der Waals surface area contributed by atoms with Crippen molar-refractivity contribution in [2.45, 2.75) is 6.92 Å². The molecule has 0 atom stereocenters. The molecule has 2 aromatic carbocycles. The molecule has 1 amide bonds. The summed E-state index contributed by atoms with van der Waals surface area (Å²) >= 11 is 0. The van der Waals surface area contributed by atoms with Gasteiger partial charge in [0.1, 0.15) is 11.6 Å². The predicted molar refractivity (Wildman–Crippen MR) is 121 cm³/mol. The lowest BCUT2D eigenvalue weighted by Crippen LogP contribution is -2.10. The normalized spacial score (nSPS) is 10.8. The van der Waals surface area contributed by atoms with Gasteiger partial charge in [0.15, 0.2) is 22.9 Å². The van der Waals surface area contributed by atoms with Crippen molar-refractivity contribution in [1.29, 1.82) is 0 Å². The molecule has 0 saturated heterocycles. The van der Waals surface area contributed by atoms with E-state index in [0.29, 0.717) is 40.3 Å². The Morgan fingerprint density at radius 2 is 1.91 bits per heavy atom. The summed E-state index contributed by atoms with van der Waals surface area (Å²) in [6, 6.07) is 17.6. The molecule has 9 nitrogen and oxygen atoms in total. The minimum Gasteiger partial charge on any atom is -0.493 e. The van der Waals surface area contributed by atoms with Gasteiger partial charge in [0.05, 0.1) is 7.11 Å². The Morgan fingerprint density at radius 3 is 2.67 bits per heavy atom. The highest BCUT2D eigenvalue weighted by Crippen LogP contribution is 2.29. The first-order chi connectivity index (χ1) is 16.1. The molecule has 33 heavy (non-hydrogen) atoms. The van der Waals surface area contributed by atoms with Crippen LogP contribution in [0.25, 0.3) is 16.8 Å². The number of nitrogens with one attached hydrogen (secondary N) is 1. The fourth-order valence-electron chi connectivity index (χ4n) is 3.33. The highest BCUT2D eigenvalue weighted by molar-refractivity contribution is 6.05. The van der Waals surface area contributed by atoms with E-state index >= 15 is 0 Å². The third kappa shape index (κ3) is 4.24. The lowest BCUT2D eigenvalue weighted by atomic mass is 10.2. The number of rotatable bonds is 6. The van der Waals surface area contributed by atoms with Crippen LogP contribution in [0.4, 0.5) is 5.69 Å². The number of anilines is 1. The second-order valence-electron chi connectivity index (χ2n) is 7.13. The van der Waals surface area contributed by atoms with E-state index < -0.39 is 0 Å². The van der Waals surface area contributed by atoms with Gasteiger partial charge in [-0.3, -0.25) is 4.79 Å². The van der Waals surface area contributed by atoms with E-state index in [1.54, 1.807) is 73.6 Å². The van der Waals surface area contributed by atoms with Crippen LogP contribution in [0.15, 0.2) is 77.5 Å². The lowest BCUT2D eigenvalue weighted by molar-refractivity contribution is 0.0998. The van der Waals surface area contributed by atoms with E-state index in [2.05, 4.69) is 20.4 Å². The number of furan rings is 1. The number of fused-ring (bicyclic) bond motifs is 1. The quantitative estimate of drug-likeness (QED) is 0.405. The molecule has 0 aliphatic rings. The number of aromatic nitrogens is 4. The van der Waals surface area contributed by atoms with E-state index in [4.69, 9.17) is 13.9 Å². The Bertz CT molecular complexity index is 1430. The number of hydrogen-bond donors (Lipinski definition) is 1. The van der Waals surface area contributed by atoms with Crippen LogP contribution >= 0.6 is 0 Å². The van der Waals surface area contributed by atoms with Crippen molar-refractivity contribution in [3.8, 4) is 23.2 Å². The van der Waals surface area contributed by atoms with Crippen molar-refractivity contribution in [3.63, 3.8) is 0 Å². The van der Waals surface area contributed by atoms with Crippen LogP contribution in [0.3, 0.4) is 0 Å². The standard InChI is InChI=1S/C24H19N5O4/c1-15-26-21(29-12-4-11-25-29)14-22(27-15)32-18-9-7-17(8-10-18)28-24(30)20-13-16-5-3-6-19(31-2)23(16)33-20/h3-14H,1-2H3,(H,28,30). The number of hydrogen-bond acceptors (Lipinski definition) is 7. The van der Waals surface area contributed by atoms with E-state index in [9.17, 15) is 4.79 Å². The maximum absolute atomic E-state index is 12.6. The van der Waals surface area contributed by atoms with Crippen molar-refractivity contribution < 1.29 is 18.7 Å². The molecule has 0 spiro atoms. The molecule has 0 fully saturated rings. The fourth-order valence-corrected chi connectivity index (χ4v) is 3.33. The summed E-state index contributed by atoms with van der Waals surface area (Å²) < 4.78 is 18.5. The van der Waals surface area contributed by atoms with Gasteiger partial charge in [-0.15, -0.1) is 0 Å². The summed E-state index contributed by atoms with van der Waals surface area (Å²) in [5.74, 6) is 2.52. The topological polar surface area (TPSA) is 104 Å². The summed E-state index contributed by atoms with van der Waals surface area (Å²) in [5.41, 5.74) is 1.12. The van der Waals surface area contributed by atoms with Gasteiger partial charge in [-0.2, -0.15) is 10.1 Å². The number of amides is 1. The van der Waals surface area contributed by atoms with Crippen LogP contribution in [-0.2, 0) is 0 Å². The molecule has 3 aromatic heterocycles. The number of carbonyl (C=O) groups is 1. The van der Waals surface area contributed by atoms with Crippen LogP contribution in [-0.4, -0.2) is 32.8 Å². The number of ether oxygens (including phenoxy) is 2. The van der Waals surface area contributed by atoms with E-state index in [0.717, 1.165) is 5.39 Å². The number of aryl methyl sites for hydroxylation is 1. The van der Waals surface area contributed by atoms with Crippen molar-refractivity contribution >= 4 is 22.6 Å². The fraction of sp³-hybridized carbons (Fsp3) is 0.0833. The Balaban J connectivity index is 1.30. The number of nitrogens with zero attached hydrogens (tertiary/aromatic N) is 4. The van der Waals surface area contributed by atoms with Gasteiger partial charge in [-0.05, 0) is 49.4 Å². The summed E-state index contributed by atoms with van der Waals surface area (Å²) in [6.45, 7) is 1.78. The van der Waals surface area contributed by atoms with Gasteiger partial charge in [0, 0.05) is 29.5 Å². The molecule has 0 unspecified atom stereocenters. The maximum Gasteiger partial charge on any atom is 0.291 e. The zero-order chi connectivity index (χ0) is 22.8. The molecule has 1 N–H and O–H groups in total. The van der Waals surface area contributed by atoms with Crippen molar-refractivity contribution in [2.24, 2.45) is 0 Å². The molecule has 0 bridgehead atoms. The lowest BCUT2D eigenvalue weighted by Gasteiger charge is -2.09. The third-order valence-corrected chi connectivity index (χ3v) is 4.83. The first-order valence-electron chi connectivity index (χ1n) is 10.1.